The van der Waals surface area contributed by atoms with Crippen molar-refractivity contribution in [2.45, 2.75) is 12.3 Å². The Hall–Kier alpha value is -1.97. The molecule has 0 unspecified atom stereocenters. The zero-order chi connectivity index (χ0) is 16.4. The quantitative estimate of drug-likeness (QED) is 0.512. The van der Waals surface area contributed by atoms with Crippen LogP contribution >= 0.6 is 23.2 Å². The third kappa shape index (κ3) is 2.94. The molecule has 3 aromatic rings. The Kier molecular flexibility index (Phi) is 4.60. The molecule has 0 bridgehead atoms. The number of halogens is 2. The van der Waals surface area contributed by atoms with E-state index in [1.807, 2.05) is 42.5 Å². The van der Waals surface area contributed by atoms with Crippen LogP contribution in [0.3, 0.4) is 0 Å². The Bertz CT molecular complexity index is 857. The molecule has 0 saturated heterocycles. The molecule has 118 valence electrons. The summed E-state index contributed by atoms with van der Waals surface area (Å²) < 4.78 is 5.15. The van der Waals surface area contributed by atoms with Crippen molar-refractivity contribution in [1.29, 1.82) is 0 Å². The zero-order valence-corrected chi connectivity index (χ0v) is 14.0. The van der Waals surface area contributed by atoms with Gasteiger partial charge in [-0.3, -0.25) is 0 Å². The number of para-hydroxylation sites is 1. The number of rotatable bonds is 4. The fraction of sp³-hybridized carbons (Fsp3) is 0.167. The number of carbonyl (C=O) groups is 1. The molecule has 0 aliphatic rings. The topological polar surface area (TPSA) is 42.1 Å². The van der Waals surface area contributed by atoms with Gasteiger partial charge < -0.3 is 9.72 Å². The van der Waals surface area contributed by atoms with Gasteiger partial charge in [-0.25, -0.2) is 4.79 Å². The SMILES string of the molecule is CCOC(=O)c1[nH]c2ccccc2c1[C@H](Cl)c1ccccc1Cl. The second kappa shape index (κ2) is 6.65. The van der Waals surface area contributed by atoms with Gasteiger partial charge in [0.15, 0.2) is 0 Å². The molecule has 0 amide bonds. The molecule has 2 aromatic carbocycles. The van der Waals surface area contributed by atoms with Crippen LogP contribution < -0.4 is 0 Å². The molecule has 3 rings (SSSR count). The van der Waals surface area contributed by atoms with E-state index in [-0.39, 0.29) is 0 Å². The summed E-state index contributed by atoms with van der Waals surface area (Å²) in [6.07, 6.45) is 0. The minimum atomic E-state index is -0.556. The number of esters is 1. The molecule has 1 N–H and O–H groups in total. The minimum absolute atomic E-state index is 0.298. The number of benzene rings is 2. The largest absolute Gasteiger partial charge is 0.461 e. The van der Waals surface area contributed by atoms with Crippen molar-refractivity contribution in [2.24, 2.45) is 0 Å². The molecule has 0 aliphatic carbocycles. The van der Waals surface area contributed by atoms with Gasteiger partial charge in [0, 0.05) is 21.5 Å². The van der Waals surface area contributed by atoms with Crippen molar-refractivity contribution in [3.8, 4) is 0 Å². The van der Waals surface area contributed by atoms with E-state index in [0.29, 0.717) is 22.9 Å². The second-order valence-corrected chi connectivity index (χ2v) is 5.91. The smallest absolute Gasteiger partial charge is 0.355 e. The van der Waals surface area contributed by atoms with E-state index in [0.717, 1.165) is 16.5 Å². The van der Waals surface area contributed by atoms with Gasteiger partial charge in [0.05, 0.1) is 12.0 Å². The predicted molar refractivity (Wildman–Crippen MR) is 93.4 cm³/mol. The van der Waals surface area contributed by atoms with Gasteiger partial charge in [-0.1, -0.05) is 48.0 Å². The van der Waals surface area contributed by atoms with E-state index >= 15 is 0 Å². The lowest BCUT2D eigenvalue weighted by molar-refractivity contribution is 0.0519. The van der Waals surface area contributed by atoms with E-state index in [1.54, 1.807) is 13.0 Å². The Morgan fingerprint density at radius 3 is 2.61 bits per heavy atom. The fourth-order valence-electron chi connectivity index (χ4n) is 2.63. The first kappa shape index (κ1) is 15.9. The molecule has 0 fully saturated rings. The van der Waals surface area contributed by atoms with Crippen LogP contribution in [0.25, 0.3) is 10.9 Å². The molecule has 0 radical (unpaired) electrons. The number of fused-ring (bicyclic) bond motifs is 1. The monoisotopic (exact) mass is 347 g/mol. The number of nitrogens with one attached hydrogen (secondary N) is 1. The molecular formula is C18H15Cl2NO2. The molecule has 0 aliphatic heterocycles. The van der Waals surface area contributed by atoms with Crippen LogP contribution in [0.2, 0.25) is 5.02 Å². The van der Waals surface area contributed by atoms with Crippen molar-refractivity contribution < 1.29 is 9.53 Å². The van der Waals surface area contributed by atoms with E-state index in [1.165, 1.54) is 0 Å². The molecule has 1 atom stereocenters. The van der Waals surface area contributed by atoms with Crippen molar-refractivity contribution >= 4 is 40.1 Å². The van der Waals surface area contributed by atoms with Crippen LogP contribution in [0.4, 0.5) is 0 Å². The molecule has 1 aromatic heterocycles. The first-order valence-electron chi connectivity index (χ1n) is 7.29. The summed E-state index contributed by atoms with van der Waals surface area (Å²) in [6, 6.07) is 15.0. The Labute approximate surface area is 144 Å². The lowest BCUT2D eigenvalue weighted by Crippen LogP contribution is -2.09. The van der Waals surface area contributed by atoms with Crippen molar-refractivity contribution in [3.05, 3.63) is 70.4 Å². The van der Waals surface area contributed by atoms with Crippen LogP contribution in [0.1, 0.15) is 33.9 Å². The second-order valence-electron chi connectivity index (χ2n) is 5.06. The predicted octanol–water partition coefficient (Wildman–Crippen LogP) is 5.33. The molecule has 0 saturated carbocycles. The summed E-state index contributed by atoms with van der Waals surface area (Å²) in [5, 5.41) is 0.891. The number of H-pyrrole nitrogens is 1. The Morgan fingerprint density at radius 1 is 1.17 bits per heavy atom. The number of alkyl halides is 1. The lowest BCUT2D eigenvalue weighted by Gasteiger charge is -2.13. The summed E-state index contributed by atoms with van der Waals surface area (Å²) in [5.74, 6) is -0.420. The zero-order valence-electron chi connectivity index (χ0n) is 12.5. The Balaban J connectivity index is 2.20. The number of carbonyl (C=O) groups excluding carboxylic acids is 1. The number of aromatic nitrogens is 1. The molecule has 0 spiro atoms. The molecule has 1 heterocycles. The van der Waals surface area contributed by atoms with Gasteiger partial charge in [0.25, 0.3) is 0 Å². The lowest BCUT2D eigenvalue weighted by atomic mass is 10.0. The van der Waals surface area contributed by atoms with Crippen LogP contribution in [-0.2, 0) is 4.74 Å². The number of hydrogen-bond donors (Lipinski definition) is 1. The summed E-state index contributed by atoms with van der Waals surface area (Å²) in [6.45, 7) is 2.07. The van der Waals surface area contributed by atoms with Gasteiger partial charge in [0.1, 0.15) is 5.69 Å². The minimum Gasteiger partial charge on any atom is -0.461 e. The summed E-state index contributed by atoms with van der Waals surface area (Å²) in [5.41, 5.74) is 2.65. The average molecular weight is 348 g/mol. The van der Waals surface area contributed by atoms with E-state index in [2.05, 4.69) is 4.98 Å². The maximum Gasteiger partial charge on any atom is 0.355 e. The summed E-state index contributed by atoms with van der Waals surface area (Å²) in [4.78, 5) is 15.4. The third-order valence-corrected chi connectivity index (χ3v) is 4.46. The molecule has 5 heteroatoms. The van der Waals surface area contributed by atoms with Gasteiger partial charge in [0.2, 0.25) is 0 Å². The van der Waals surface area contributed by atoms with Crippen LogP contribution in [0.15, 0.2) is 48.5 Å². The molecule has 23 heavy (non-hydrogen) atoms. The summed E-state index contributed by atoms with van der Waals surface area (Å²) in [7, 11) is 0. The van der Waals surface area contributed by atoms with Crippen molar-refractivity contribution in [1.82, 2.24) is 4.98 Å². The average Bonchev–Trinajstić information content (AvgIpc) is 2.94. The van der Waals surface area contributed by atoms with Gasteiger partial charge in [-0.15, -0.1) is 11.6 Å². The van der Waals surface area contributed by atoms with Crippen LogP contribution in [-0.4, -0.2) is 17.6 Å². The highest BCUT2D eigenvalue weighted by Gasteiger charge is 2.26. The first-order valence-corrected chi connectivity index (χ1v) is 8.11. The Morgan fingerprint density at radius 2 is 1.87 bits per heavy atom. The number of aromatic amines is 1. The van der Waals surface area contributed by atoms with Crippen molar-refractivity contribution in [3.63, 3.8) is 0 Å². The number of ether oxygens (including phenoxy) is 1. The van der Waals surface area contributed by atoms with Crippen LogP contribution in [0.5, 0.6) is 0 Å². The van der Waals surface area contributed by atoms with Gasteiger partial charge >= 0.3 is 5.97 Å². The van der Waals surface area contributed by atoms with Gasteiger partial charge in [-0.05, 0) is 24.6 Å². The fourth-order valence-corrected chi connectivity index (χ4v) is 3.34. The standard InChI is InChI=1S/C18H15Cl2NO2/c1-2-23-18(22)17-15(12-8-4-6-10-14(12)21-17)16(20)11-7-3-5-9-13(11)19/h3-10,16,21H,2H2,1H3/t16-/m1/s1. The third-order valence-electron chi connectivity index (χ3n) is 3.66. The maximum absolute atomic E-state index is 12.3. The van der Waals surface area contributed by atoms with Crippen LogP contribution in [0, 0.1) is 0 Å². The first-order chi connectivity index (χ1) is 11.1. The van der Waals surface area contributed by atoms with Gasteiger partial charge in [-0.2, -0.15) is 0 Å². The van der Waals surface area contributed by atoms with E-state index in [9.17, 15) is 4.79 Å². The molecule has 3 nitrogen and oxygen atoms in total. The maximum atomic E-state index is 12.3. The molecular weight excluding hydrogens is 333 g/mol. The van der Waals surface area contributed by atoms with E-state index < -0.39 is 11.3 Å². The number of hydrogen-bond acceptors (Lipinski definition) is 2. The van der Waals surface area contributed by atoms with E-state index in [4.69, 9.17) is 27.9 Å². The summed E-state index contributed by atoms with van der Waals surface area (Å²) >= 11 is 13.0. The van der Waals surface area contributed by atoms with Crippen molar-refractivity contribution in [2.75, 3.05) is 6.61 Å². The highest BCUT2D eigenvalue weighted by Crippen LogP contribution is 2.39. The highest BCUT2D eigenvalue weighted by molar-refractivity contribution is 6.33. The highest BCUT2D eigenvalue weighted by atomic mass is 35.5. The normalized spacial score (nSPS) is 12.3.